The third kappa shape index (κ3) is 14.6. The van der Waals surface area contributed by atoms with Crippen molar-refractivity contribution in [3.05, 3.63) is 18.2 Å². The molecule has 0 aliphatic rings. The smallest absolute Gasteiger partial charge is 0.759 e. The molecule has 1 rings (SSSR count). The van der Waals surface area contributed by atoms with Crippen molar-refractivity contribution < 1.29 is 143 Å². The van der Waals surface area contributed by atoms with E-state index in [0.717, 1.165) is 18.2 Å². The van der Waals surface area contributed by atoms with E-state index in [2.05, 4.69) is 0 Å². The summed E-state index contributed by atoms with van der Waals surface area (Å²) in [6.45, 7) is 0. The van der Waals surface area contributed by atoms with Crippen molar-refractivity contribution in [2.24, 2.45) is 0 Å². The molecule has 1 aromatic rings. The SMILES string of the molecule is O=S(=O)(O)c1cc(O)ccc1O.O=S(=O)([O-])[O-].[K+].[K+]. The van der Waals surface area contributed by atoms with E-state index in [1.54, 1.807) is 0 Å². The second-order valence-corrected chi connectivity index (χ2v) is 4.74. The van der Waals surface area contributed by atoms with E-state index in [0.29, 0.717) is 0 Å². The molecule has 0 unspecified atom stereocenters. The molecule has 0 amide bonds. The Morgan fingerprint density at radius 1 is 0.947 bits per heavy atom. The van der Waals surface area contributed by atoms with Crippen molar-refractivity contribution in [2.75, 3.05) is 0 Å². The maximum atomic E-state index is 10.5. The number of hydrogen-bond donors (Lipinski definition) is 3. The number of benzene rings is 1. The van der Waals surface area contributed by atoms with Crippen LogP contribution in [-0.2, 0) is 20.5 Å². The van der Waals surface area contributed by atoms with Crippen LogP contribution in [0.2, 0.25) is 0 Å². The minimum atomic E-state index is -5.17. The fourth-order valence-electron chi connectivity index (χ4n) is 0.709. The first kappa shape index (κ1) is 25.8. The molecule has 0 aliphatic heterocycles. The quantitative estimate of drug-likeness (QED) is 0.189. The fraction of sp³-hybridized carbons (Fsp3) is 0. The van der Waals surface area contributed by atoms with Crippen LogP contribution in [0, 0.1) is 0 Å². The summed E-state index contributed by atoms with van der Waals surface area (Å²) in [6.07, 6.45) is 0. The number of aromatic hydroxyl groups is 2. The van der Waals surface area contributed by atoms with E-state index in [1.807, 2.05) is 0 Å². The van der Waals surface area contributed by atoms with Gasteiger partial charge in [0.1, 0.15) is 16.4 Å². The van der Waals surface area contributed by atoms with Gasteiger partial charge in [0.25, 0.3) is 10.1 Å². The van der Waals surface area contributed by atoms with Gasteiger partial charge in [0.2, 0.25) is 0 Å². The summed E-state index contributed by atoms with van der Waals surface area (Å²) in [5, 5.41) is 17.7. The van der Waals surface area contributed by atoms with Crippen LogP contribution in [0.4, 0.5) is 0 Å². The third-order valence-corrected chi connectivity index (χ3v) is 2.10. The molecule has 0 bridgehead atoms. The number of phenols is 2. The zero-order chi connectivity index (χ0) is 13.9. The predicted molar refractivity (Wildman–Crippen MR) is 50.1 cm³/mol. The molecule has 3 N–H and O–H groups in total. The van der Waals surface area contributed by atoms with Crippen molar-refractivity contribution in [3.8, 4) is 11.5 Å². The molecule has 0 heterocycles. The van der Waals surface area contributed by atoms with Crippen LogP contribution in [0.3, 0.4) is 0 Å². The molecule has 19 heavy (non-hydrogen) atoms. The Morgan fingerprint density at radius 3 is 1.58 bits per heavy atom. The minimum Gasteiger partial charge on any atom is -0.759 e. The molecule has 0 aromatic heterocycles. The molecule has 0 fully saturated rings. The fourth-order valence-corrected chi connectivity index (χ4v) is 1.31. The van der Waals surface area contributed by atoms with Gasteiger partial charge in [-0.25, -0.2) is 0 Å². The molecular weight excluding hydrogens is 358 g/mol. The first-order chi connectivity index (χ1) is 7.41. The first-order valence-electron chi connectivity index (χ1n) is 3.57. The Balaban J connectivity index is -0.000000320. The Kier molecular flexibility index (Phi) is 14.4. The molecule has 13 heteroatoms. The number of phenolic OH excluding ortho intramolecular Hbond substituents is 2. The molecule has 1 aromatic carbocycles. The van der Waals surface area contributed by atoms with Crippen molar-refractivity contribution >= 4 is 20.5 Å². The van der Waals surface area contributed by atoms with Gasteiger partial charge < -0.3 is 19.3 Å². The van der Waals surface area contributed by atoms with Gasteiger partial charge in [0.15, 0.2) is 0 Å². The molecule has 0 saturated heterocycles. The standard InChI is InChI=1S/C6H6O5S.2K.H2O4S/c7-4-1-2-5(8)6(3-4)12(9,10)11;;;1-5(2,3)4/h1-3,7-8H,(H,9,10,11);;;(H2,1,2,3,4)/q;2*+1;/p-2. The van der Waals surface area contributed by atoms with Crippen LogP contribution < -0.4 is 103 Å². The zero-order valence-corrected chi connectivity index (χ0v) is 17.7. The normalized spacial score (nSPS) is 10.3. The van der Waals surface area contributed by atoms with Crippen LogP contribution in [0.1, 0.15) is 0 Å². The summed E-state index contributed by atoms with van der Waals surface area (Å²) in [7, 11) is -9.63. The summed E-state index contributed by atoms with van der Waals surface area (Å²) in [5.41, 5.74) is 0. The first-order valence-corrected chi connectivity index (χ1v) is 6.35. The average Bonchev–Trinajstić information content (AvgIpc) is 2.04. The van der Waals surface area contributed by atoms with Crippen LogP contribution in [0.5, 0.6) is 11.5 Å². The summed E-state index contributed by atoms with van der Waals surface area (Å²) in [4.78, 5) is -0.706. The number of hydrogen-bond acceptors (Lipinski definition) is 8. The van der Waals surface area contributed by atoms with Gasteiger partial charge in [-0.2, -0.15) is 8.42 Å². The zero-order valence-electron chi connectivity index (χ0n) is 9.84. The molecule has 9 nitrogen and oxygen atoms in total. The third-order valence-electron chi connectivity index (χ3n) is 1.22. The van der Waals surface area contributed by atoms with Crippen molar-refractivity contribution in [2.45, 2.75) is 4.90 Å². The summed E-state index contributed by atoms with van der Waals surface area (Å²) in [6, 6.07) is 2.83. The van der Waals surface area contributed by atoms with Gasteiger partial charge in [-0.15, -0.1) is 0 Å². The van der Waals surface area contributed by atoms with Crippen LogP contribution in [0.15, 0.2) is 23.1 Å². The Bertz CT molecular complexity index is 587. The Hall–Kier alpha value is 1.87. The maximum Gasteiger partial charge on any atom is 1.00 e. The summed E-state index contributed by atoms with van der Waals surface area (Å²) < 4.78 is 63.6. The van der Waals surface area contributed by atoms with E-state index in [1.165, 1.54) is 0 Å². The van der Waals surface area contributed by atoms with Gasteiger partial charge in [-0.1, -0.05) is 0 Å². The van der Waals surface area contributed by atoms with E-state index in [9.17, 15) is 8.42 Å². The molecule has 0 aliphatic carbocycles. The summed E-state index contributed by atoms with van der Waals surface area (Å²) >= 11 is 0. The van der Waals surface area contributed by atoms with Gasteiger partial charge >= 0.3 is 103 Å². The molecule has 0 spiro atoms. The monoisotopic (exact) mass is 364 g/mol. The molecular formula is C6H6K2O9S2. The predicted octanol–water partition coefficient (Wildman–Crippen LogP) is -6.99. The number of rotatable bonds is 1. The second-order valence-electron chi connectivity index (χ2n) is 2.54. The van der Waals surface area contributed by atoms with Gasteiger partial charge in [0.05, 0.1) is 0 Å². The average molecular weight is 364 g/mol. The van der Waals surface area contributed by atoms with Crippen LogP contribution >= 0.6 is 0 Å². The van der Waals surface area contributed by atoms with Crippen LogP contribution in [0.25, 0.3) is 0 Å². The van der Waals surface area contributed by atoms with E-state index in [4.69, 9.17) is 32.3 Å². The van der Waals surface area contributed by atoms with E-state index in [-0.39, 0.29) is 109 Å². The van der Waals surface area contributed by atoms with E-state index >= 15 is 0 Å². The van der Waals surface area contributed by atoms with Gasteiger partial charge in [-0.3, -0.25) is 13.0 Å². The van der Waals surface area contributed by atoms with Crippen molar-refractivity contribution in [3.63, 3.8) is 0 Å². The van der Waals surface area contributed by atoms with Crippen LogP contribution in [-0.4, -0.2) is 40.7 Å². The van der Waals surface area contributed by atoms with Crippen molar-refractivity contribution in [1.29, 1.82) is 0 Å². The maximum absolute atomic E-state index is 10.5. The Labute approximate surface area is 194 Å². The van der Waals surface area contributed by atoms with Gasteiger partial charge in [0, 0.05) is 16.5 Å². The molecule has 98 valence electrons. The van der Waals surface area contributed by atoms with Crippen molar-refractivity contribution in [1.82, 2.24) is 0 Å². The molecule has 0 atom stereocenters. The molecule has 0 saturated carbocycles. The largest absolute Gasteiger partial charge is 1.00 e. The topological polar surface area (TPSA) is 175 Å². The Morgan fingerprint density at radius 2 is 1.32 bits per heavy atom. The molecule has 0 radical (unpaired) electrons. The minimum absolute atomic E-state index is 0. The summed E-state index contributed by atoms with van der Waals surface area (Å²) in [5.74, 6) is -0.948. The van der Waals surface area contributed by atoms with Gasteiger partial charge in [-0.05, 0) is 12.1 Å². The van der Waals surface area contributed by atoms with E-state index < -0.39 is 31.2 Å². The second kappa shape index (κ2) is 10.6.